The third kappa shape index (κ3) is 7.62. The Morgan fingerprint density at radius 1 is 0.868 bits per heavy atom. The lowest BCUT2D eigenvalue weighted by atomic mass is 9.64. The first kappa shape index (κ1) is 29.3. The number of nitrogens with one attached hydrogen (secondary N) is 2. The normalized spacial score (nSPS) is 21.3. The van der Waals surface area contributed by atoms with Crippen LogP contribution in [0.25, 0.3) is 0 Å². The number of amides is 2. The number of aromatic nitrogens is 1. The number of halogens is 8. The van der Waals surface area contributed by atoms with E-state index in [0.29, 0.717) is 0 Å². The molecule has 2 aromatic rings. The first-order valence-corrected chi connectivity index (χ1v) is 11.2. The molecule has 1 aromatic heterocycles. The molecule has 15 heteroatoms. The number of carbonyl (C=O) groups excluding carboxylic acids is 2. The van der Waals surface area contributed by atoms with E-state index in [1.807, 2.05) is 0 Å². The van der Waals surface area contributed by atoms with E-state index < -0.39 is 71.4 Å². The van der Waals surface area contributed by atoms with Crippen molar-refractivity contribution in [3.8, 4) is 11.5 Å². The van der Waals surface area contributed by atoms with Crippen molar-refractivity contribution in [3.05, 3.63) is 52.6 Å². The number of rotatable bonds is 8. The zero-order chi connectivity index (χ0) is 28.5. The zero-order valence-corrected chi connectivity index (χ0v) is 20.6. The molecule has 0 atom stereocenters. The fraction of sp³-hybridized carbons (Fsp3) is 0.435. The second kappa shape index (κ2) is 10.5. The molecule has 1 heterocycles. The van der Waals surface area contributed by atoms with E-state index in [2.05, 4.69) is 15.6 Å². The number of benzene rings is 1. The SMILES string of the molecule is CC1(NC(=O)COc2cc(C(F)(F)F)nc(C(F)(F)F)c2)CC(C)(NC(=O)COc2ccc(Cl)c(F)c2)C1. The number of alkyl halides is 6. The zero-order valence-electron chi connectivity index (χ0n) is 19.8. The molecule has 0 bridgehead atoms. The third-order valence-corrected chi connectivity index (χ3v) is 5.76. The Morgan fingerprint density at radius 3 is 1.74 bits per heavy atom. The van der Waals surface area contributed by atoms with Crippen LogP contribution in [0.15, 0.2) is 30.3 Å². The molecular formula is C23H21ClF7N3O4. The molecule has 1 aromatic carbocycles. The topological polar surface area (TPSA) is 89.5 Å². The molecular weight excluding hydrogens is 551 g/mol. The van der Waals surface area contributed by atoms with Crippen LogP contribution >= 0.6 is 11.6 Å². The van der Waals surface area contributed by atoms with Crippen molar-refractivity contribution in [2.75, 3.05) is 13.2 Å². The molecule has 38 heavy (non-hydrogen) atoms. The van der Waals surface area contributed by atoms with Crippen molar-refractivity contribution >= 4 is 23.4 Å². The largest absolute Gasteiger partial charge is 0.484 e. The minimum Gasteiger partial charge on any atom is -0.484 e. The highest BCUT2D eigenvalue weighted by Gasteiger charge is 2.50. The van der Waals surface area contributed by atoms with Gasteiger partial charge in [0.05, 0.1) is 5.02 Å². The fourth-order valence-corrected chi connectivity index (χ4v) is 4.45. The maximum absolute atomic E-state index is 13.5. The minimum atomic E-state index is -5.16. The van der Waals surface area contributed by atoms with Gasteiger partial charge in [-0.25, -0.2) is 9.37 Å². The van der Waals surface area contributed by atoms with Gasteiger partial charge in [-0.2, -0.15) is 26.3 Å². The fourth-order valence-electron chi connectivity index (χ4n) is 4.34. The first-order chi connectivity index (χ1) is 17.4. The van der Waals surface area contributed by atoms with Crippen LogP contribution in [-0.2, 0) is 21.9 Å². The Kier molecular flexibility index (Phi) is 8.06. The Bertz CT molecular complexity index is 1180. The average molecular weight is 572 g/mol. The Balaban J connectivity index is 1.51. The summed E-state index contributed by atoms with van der Waals surface area (Å²) >= 11 is 5.58. The van der Waals surface area contributed by atoms with E-state index in [4.69, 9.17) is 21.1 Å². The van der Waals surface area contributed by atoms with Gasteiger partial charge in [0.1, 0.15) is 28.7 Å². The summed E-state index contributed by atoms with van der Waals surface area (Å²) in [5.74, 6) is -2.76. The highest BCUT2D eigenvalue weighted by atomic mass is 35.5. The Labute approximate surface area is 216 Å². The number of pyridine rings is 1. The van der Waals surface area contributed by atoms with Crippen LogP contribution in [0.5, 0.6) is 11.5 Å². The molecule has 0 unspecified atom stereocenters. The highest BCUT2D eigenvalue weighted by Crippen LogP contribution is 2.41. The number of hydrogen-bond donors (Lipinski definition) is 2. The summed E-state index contributed by atoms with van der Waals surface area (Å²) in [5, 5.41) is 5.22. The van der Waals surface area contributed by atoms with Gasteiger partial charge in [0.15, 0.2) is 13.2 Å². The second-order valence-electron chi connectivity index (χ2n) is 9.29. The number of hydrogen-bond acceptors (Lipinski definition) is 5. The van der Waals surface area contributed by atoms with E-state index in [9.17, 15) is 40.3 Å². The molecule has 0 aliphatic heterocycles. The van der Waals surface area contributed by atoms with Crippen LogP contribution < -0.4 is 20.1 Å². The van der Waals surface area contributed by atoms with Gasteiger partial charge in [0, 0.05) is 29.3 Å². The summed E-state index contributed by atoms with van der Waals surface area (Å²) in [4.78, 5) is 27.1. The van der Waals surface area contributed by atoms with E-state index in [0.717, 1.165) is 6.07 Å². The van der Waals surface area contributed by atoms with Crippen molar-refractivity contribution < 1.29 is 49.8 Å². The lowest BCUT2D eigenvalue weighted by Gasteiger charge is -2.53. The monoisotopic (exact) mass is 571 g/mol. The quantitative estimate of drug-likeness (QED) is 0.440. The predicted molar refractivity (Wildman–Crippen MR) is 119 cm³/mol. The minimum absolute atomic E-state index is 0.0943. The van der Waals surface area contributed by atoms with Crippen LogP contribution in [0.4, 0.5) is 30.7 Å². The standard InChI is InChI=1S/C23H21ClF7N3O4/c1-20(33-18(35)8-37-12-3-4-14(24)15(25)5-12)10-21(2,11-20)34-19(36)9-38-13-6-16(22(26,27)28)32-17(7-13)23(29,30)31/h3-7H,8-11H2,1-2H3,(H,33,35)(H,34,36). The van der Waals surface area contributed by atoms with E-state index in [1.165, 1.54) is 12.1 Å². The van der Waals surface area contributed by atoms with Gasteiger partial charge in [-0.15, -0.1) is 0 Å². The molecule has 0 spiro atoms. The summed E-state index contributed by atoms with van der Waals surface area (Å²) in [5.41, 5.74) is -5.21. The van der Waals surface area contributed by atoms with Crippen molar-refractivity contribution in [1.82, 2.24) is 15.6 Å². The first-order valence-electron chi connectivity index (χ1n) is 10.9. The van der Waals surface area contributed by atoms with Gasteiger partial charge in [-0.1, -0.05) is 11.6 Å². The maximum Gasteiger partial charge on any atom is 0.433 e. The molecule has 3 rings (SSSR count). The van der Waals surface area contributed by atoms with Gasteiger partial charge in [0.2, 0.25) is 0 Å². The average Bonchev–Trinajstić information content (AvgIpc) is 2.76. The Hall–Kier alpha value is -3.29. The summed E-state index contributed by atoms with van der Waals surface area (Å²) in [6.07, 6.45) is -9.82. The summed E-state index contributed by atoms with van der Waals surface area (Å²) in [6.45, 7) is 2.06. The molecule has 2 amide bonds. The number of carbonyl (C=O) groups is 2. The molecule has 1 fully saturated rings. The van der Waals surface area contributed by atoms with E-state index in [-0.39, 0.29) is 35.7 Å². The molecule has 208 valence electrons. The number of ether oxygens (including phenoxy) is 2. The molecule has 1 aliphatic rings. The van der Waals surface area contributed by atoms with Crippen molar-refractivity contribution in [1.29, 1.82) is 0 Å². The summed E-state index contributed by atoms with van der Waals surface area (Å²) in [6, 6.07) is 4.21. The van der Waals surface area contributed by atoms with E-state index in [1.54, 1.807) is 13.8 Å². The summed E-state index contributed by atoms with van der Waals surface area (Å²) < 4.78 is 101. The van der Waals surface area contributed by atoms with Gasteiger partial charge in [0.25, 0.3) is 11.8 Å². The smallest absolute Gasteiger partial charge is 0.433 e. The second-order valence-corrected chi connectivity index (χ2v) is 9.70. The lowest BCUT2D eigenvalue weighted by Crippen LogP contribution is -2.69. The Morgan fingerprint density at radius 2 is 1.32 bits per heavy atom. The van der Waals surface area contributed by atoms with Crippen LogP contribution in [0.3, 0.4) is 0 Å². The number of nitrogens with zero attached hydrogens (tertiary/aromatic N) is 1. The van der Waals surface area contributed by atoms with Crippen LogP contribution in [0.1, 0.15) is 38.1 Å². The molecule has 0 radical (unpaired) electrons. The van der Waals surface area contributed by atoms with E-state index >= 15 is 0 Å². The van der Waals surface area contributed by atoms with Gasteiger partial charge in [-0.05, 0) is 38.8 Å². The molecule has 0 saturated heterocycles. The van der Waals surface area contributed by atoms with Gasteiger partial charge < -0.3 is 20.1 Å². The lowest BCUT2D eigenvalue weighted by molar-refractivity contribution is -0.150. The maximum atomic E-state index is 13.5. The molecule has 2 N–H and O–H groups in total. The van der Waals surface area contributed by atoms with Crippen LogP contribution in [-0.4, -0.2) is 41.1 Å². The third-order valence-electron chi connectivity index (χ3n) is 5.45. The highest BCUT2D eigenvalue weighted by molar-refractivity contribution is 6.30. The molecule has 1 saturated carbocycles. The van der Waals surface area contributed by atoms with Crippen molar-refractivity contribution in [3.63, 3.8) is 0 Å². The summed E-state index contributed by atoms with van der Waals surface area (Å²) in [7, 11) is 0. The van der Waals surface area contributed by atoms with Crippen molar-refractivity contribution in [2.24, 2.45) is 0 Å². The van der Waals surface area contributed by atoms with Crippen LogP contribution in [0.2, 0.25) is 5.02 Å². The van der Waals surface area contributed by atoms with Gasteiger partial charge in [-0.3, -0.25) is 9.59 Å². The molecule has 1 aliphatic carbocycles. The van der Waals surface area contributed by atoms with Crippen molar-refractivity contribution in [2.45, 2.75) is 50.1 Å². The predicted octanol–water partition coefficient (Wildman–Crippen LogP) is 4.91. The van der Waals surface area contributed by atoms with Gasteiger partial charge >= 0.3 is 12.4 Å². The van der Waals surface area contributed by atoms with Crippen LogP contribution in [0, 0.1) is 5.82 Å². The molecule has 7 nitrogen and oxygen atoms in total.